The quantitative estimate of drug-likeness (QED) is 0.807. The highest BCUT2D eigenvalue weighted by atomic mass is 16.5. The zero-order valence-corrected chi connectivity index (χ0v) is 14.7. The maximum Gasteiger partial charge on any atom is 0.315 e. The van der Waals surface area contributed by atoms with E-state index in [9.17, 15) is 4.79 Å². The molecule has 2 aliphatic rings. The second-order valence-corrected chi connectivity index (χ2v) is 7.15. The molecule has 0 radical (unpaired) electrons. The highest BCUT2D eigenvalue weighted by molar-refractivity contribution is 5.74. The van der Waals surface area contributed by atoms with E-state index >= 15 is 0 Å². The topological polar surface area (TPSA) is 53.6 Å². The number of nitrogens with one attached hydrogen (secondary N) is 2. The first kappa shape index (κ1) is 17.2. The Labute approximate surface area is 144 Å². The summed E-state index contributed by atoms with van der Waals surface area (Å²) < 4.78 is 5.77. The molecule has 0 aliphatic carbocycles. The number of amides is 2. The molecule has 2 saturated heterocycles. The Morgan fingerprint density at radius 2 is 2.12 bits per heavy atom. The molecule has 2 amide bonds. The van der Waals surface area contributed by atoms with E-state index in [1.54, 1.807) is 0 Å². The largest absolute Gasteiger partial charge is 0.373 e. The highest BCUT2D eigenvalue weighted by Gasteiger charge is 2.41. The van der Waals surface area contributed by atoms with Crippen LogP contribution in [0.1, 0.15) is 38.2 Å². The molecule has 2 N–H and O–H groups in total. The Morgan fingerprint density at radius 3 is 2.79 bits per heavy atom. The molecule has 1 aromatic rings. The van der Waals surface area contributed by atoms with Gasteiger partial charge in [0.25, 0.3) is 0 Å². The summed E-state index contributed by atoms with van der Waals surface area (Å²) in [5.41, 5.74) is 1.31. The van der Waals surface area contributed by atoms with Crippen molar-refractivity contribution in [1.29, 1.82) is 0 Å². The van der Waals surface area contributed by atoms with E-state index in [0.717, 1.165) is 32.2 Å². The number of urea groups is 1. The van der Waals surface area contributed by atoms with Crippen LogP contribution in [-0.4, -0.2) is 48.8 Å². The van der Waals surface area contributed by atoms with E-state index < -0.39 is 0 Å². The number of ether oxygens (including phenoxy) is 1. The summed E-state index contributed by atoms with van der Waals surface area (Å²) >= 11 is 0. The molecule has 5 nitrogen and oxygen atoms in total. The smallest absolute Gasteiger partial charge is 0.315 e. The van der Waals surface area contributed by atoms with Crippen LogP contribution in [0.3, 0.4) is 0 Å². The monoisotopic (exact) mass is 331 g/mol. The van der Waals surface area contributed by atoms with Crippen LogP contribution in [0.25, 0.3) is 0 Å². The molecule has 0 aromatic heterocycles. The van der Waals surface area contributed by atoms with E-state index in [1.807, 2.05) is 6.07 Å². The van der Waals surface area contributed by atoms with Gasteiger partial charge in [0.05, 0.1) is 18.2 Å². The summed E-state index contributed by atoms with van der Waals surface area (Å²) in [6.07, 6.45) is 4.73. The molecule has 0 spiro atoms. The van der Waals surface area contributed by atoms with Crippen molar-refractivity contribution in [1.82, 2.24) is 15.5 Å². The van der Waals surface area contributed by atoms with Crippen molar-refractivity contribution in [3.05, 3.63) is 35.9 Å². The Balaban J connectivity index is 1.32. The van der Waals surface area contributed by atoms with Crippen LogP contribution in [-0.2, 0) is 11.3 Å². The SMILES string of the molecule is C[C@@H](CCNC(=O)N[C@H]1C[C@H]2CC[C@H]1O2)N(C)Cc1ccccc1. The summed E-state index contributed by atoms with van der Waals surface area (Å²) in [4.78, 5) is 14.3. The van der Waals surface area contributed by atoms with Gasteiger partial charge >= 0.3 is 6.03 Å². The predicted octanol–water partition coefficient (Wildman–Crippen LogP) is 2.52. The van der Waals surface area contributed by atoms with Gasteiger partial charge in [-0.05, 0) is 45.2 Å². The van der Waals surface area contributed by atoms with Gasteiger partial charge in [-0.15, -0.1) is 0 Å². The second-order valence-electron chi connectivity index (χ2n) is 7.15. The van der Waals surface area contributed by atoms with Gasteiger partial charge in [-0.3, -0.25) is 4.90 Å². The first-order chi connectivity index (χ1) is 11.6. The van der Waals surface area contributed by atoms with Gasteiger partial charge in [0.15, 0.2) is 0 Å². The van der Waals surface area contributed by atoms with E-state index in [-0.39, 0.29) is 18.2 Å². The lowest BCUT2D eigenvalue weighted by Crippen LogP contribution is -2.47. The maximum absolute atomic E-state index is 12.0. The molecule has 2 bridgehead atoms. The van der Waals surface area contributed by atoms with E-state index in [4.69, 9.17) is 4.74 Å². The first-order valence-electron chi connectivity index (χ1n) is 9.06. The van der Waals surface area contributed by atoms with Crippen molar-refractivity contribution >= 4 is 6.03 Å². The molecule has 0 unspecified atom stereocenters. The molecule has 0 saturated carbocycles. The van der Waals surface area contributed by atoms with Gasteiger partial charge in [-0.1, -0.05) is 30.3 Å². The number of carbonyl (C=O) groups is 1. The molecule has 24 heavy (non-hydrogen) atoms. The van der Waals surface area contributed by atoms with Gasteiger partial charge in [-0.2, -0.15) is 0 Å². The predicted molar refractivity (Wildman–Crippen MR) is 94.8 cm³/mol. The molecule has 3 rings (SSSR count). The fourth-order valence-corrected chi connectivity index (χ4v) is 3.65. The average molecular weight is 331 g/mol. The van der Waals surface area contributed by atoms with Crippen molar-refractivity contribution in [2.24, 2.45) is 0 Å². The summed E-state index contributed by atoms with van der Waals surface area (Å²) in [5, 5.41) is 6.05. The number of carbonyl (C=O) groups excluding carboxylic acids is 1. The second kappa shape index (κ2) is 7.99. The minimum Gasteiger partial charge on any atom is -0.373 e. The molecular weight excluding hydrogens is 302 g/mol. The van der Waals surface area contributed by atoms with Crippen molar-refractivity contribution < 1.29 is 9.53 Å². The molecule has 2 fully saturated rings. The summed E-state index contributed by atoms with van der Waals surface area (Å²) in [7, 11) is 2.13. The van der Waals surface area contributed by atoms with Crippen molar-refractivity contribution in [3.8, 4) is 0 Å². The summed E-state index contributed by atoms with van der Waals surface area (Å²) in [6.45, 7) is 3.82. The van der Waals surface area contributed by atoms with Gasteiger partial charge in [0, 0.05) is 19.1 Å². The van der Waals surface area contributed by atoms with Gasteiger partial charge in [-0.25, -0.2) is 4.79 Å². The third-order valence-corrected chi connectivity index (χ3v) is 5.30. The standard InChI is InChI=1S/C19H29N3O2/c1-14(22(2)13-15-6-4-3-5-7-15)10-11-20-19(23)21-17-12-16-8-9-18(17)24-16/h3-7,14,16-18H,8-13H2,1-2H3,(H2,20,21,23)/t14-,16+,17-,18+/m0/s1. The van der Waals surface area contributed by atoms with Gasteiger partial charge < -0.3 is 15.4 Å². The Morgan fingerprint density at radius 1 is 1.33 bits per heavy atom. The van der Waals surface area contributed by atoms with Crippen molar-refractivity contribution in [2.45, 2.75) is 63.4 Å². The molecule has 5 heteroatoms. The van der Waals surface area contributed by atoms with Crippen LogP contribution in [0.15, 0.2) is 30.3 Å². The first-order valence-corrected chi connectivity index (χ1v) is 9.06. The molecule has 2 aliphatic heterocycles. The number of fused-ring (bicyclic) bond motifs is 2. The number of nitrogens with zero attached hydrogens (tertiary/aromatic N) is 1. The van der Waals surface area contributed by atoms with Gasteiger partial charge in [0.2, 0.25) is 0 Å². The third kappa shape index (κ3) is 4.48. The average Bonchev–Trinajstić information content (AvgIpc) is 3.18. The van der Waals surface area contributed by atoms with Crippen molar-refractivity contribution in [2.75, 3.05) is 13.6 Å². The molecule has 4 atom stereocenters. The normalized spacial score (nSPS) is 26.5. The zero-order valence-electron chi connectivity index (χ0n) is 14.7. The summed E-state index contributed by atoms with van der Waals surface area (Å²) in [5.74, 6) is 0. The lowest BCUT2D eigenvalue weighted by atomic mass is 9.96. The van der Waals surface area contributed by atoms with Gasteiger partial charge in [0.1, 0.15) is 0 Å². The Bertz CT molecular complexity index is 537. The minimum atomic E-state index is -0.0611. The van der Waals surface area contributed by atoms with Crippen molar-refractivity contribution in [3.63, 3.8) is 0 Å². The Hall–Kier alpha value is -1.59. The van der Waals surface area contributed by atoms with Crippen LogP contribution in [0.4, 0.5) is 4.79 Å². The van der Waals surface area contributed by atoms with E-state index in [1.165, 1.54) is 5.56 Å². The minimum absolute atomic E-state index is 0.0611. The number of hydrogen-bond acceptors (Lipinski definition) is 3. The van der Waals surface area contributed by atoms with Crippen LogP contribution in [0.2, 0.25) is 0 Å². The van der Waals surface area contributed by atoms with Crippen LogP contribution < -0.4 is 10.6 Å². The third-order valence-electron chi connectivity index (χ3n) is 5.30. The number of hydrogen-bond donors (Lipinski definition) is 2. The lowest BCUT2D eigenvalue weighted by Gasteiger charge is -2.25. The number of benzene rings is 1. The lowest BCUT2D eigenvalue weighted by molar-refractivity contribution is 0.0981. The maximum atomic E-state index is 12.0. The molecule has 132 valence electrons. The van der Waals surface area contributed by atoms with E-state index in [2.05, 4.69) is 53.8 Å². The Kier molecular flexibility index (Phi) is 5.74. The zero-order chi connectivity index (χ0) is 16.9. The molecule has 1 aromatic carbocycles. The molecule has 2 heterocycles. The van der Waals surface area contributed by atoms with Crippen LogP contribution >= 0.6 is 0 Å². The van der Waals surface area contributed by atoms with Crippen LogP contribution in [0.5, 0.6) is 0 Å². The van der Waals surface area contributed by atoms with E-state index in [0.29, 0.717) is 18.7 Å². The fourth-order valence-electron chi connectivity index (χ4n) is 3.65. The molecular formula is C19H29N3O2. The number of rotatable bonds is 7. The summed E-state index contributed by atoms with van der Waals surface area (Å²) in [6, 6.07) is 11.0. The van der Waals surface area contributed by atoms with Crippen LogP contribution in [0, 0.1) is 0 Å². The fraction of sp³-hybridized carbons (Fsp3) is 0.632. The highest BCUT2D eigenvalue weighted by Crippen LogP contribution is 2.34.